The van der Waals surface area contributed by atoms with Gasteiger partial charge in [-0.2, -0.15) is 0 Å². The summed E-state index contributed by atoms with van der Waals surface area (Å²) in [5.41, 5.74) is 1.36. The first-order chi connectivity index (χ1) is 15.5. The van der Waals surface area contributed by atoms with Gasteiger partial charge in [-0.15, -0.1) is 0 Å². The Labute approximate surface area is 194 Å². The largest absolute Gasteiger partial charge is 0.348 e. The molecule has 0 spiro atoms. The van der Waals surface area contributed by atoms with Gasteiger partial charge in [-0.25, -0.2) is 4.31 Å². The van der Waals surface area contributed by atoms with Crippen LogP contribution in [-0.2, 0) is 14.4 Å². The van der Waals surface area contributed by atoms with Gasteiger partial charge in [0.15, 0.2) is 0 Å². The number of nitrogens with zero attached hydrogens (tertiary/aromatic N) is 2. The van der Waals surface area contributed by atoms with E-state index in [1.54, 1.807) is 11.9 Å². The highest BCUT2D eigenvalue weighted by Crippen LogP contribution is 2.31. The molecule has 1 fully saturated rings. The van der Waals surface area contributed by atoms with Crippen LogP contribution in [-0.4, -0.2) is 72.3 Å². The number of amides is 2. The van der Waals surface area contributed by atoms with Crippen molar-refractivity contribution < 1.29 is 14.4 Å². The minimum absolute atomic E-state index is 0.0403. The number of rotatable bonds is 10. The van der Waals surface area contributed by atoms with Crippen molar-refractivity contribution in [2.24, 2.45) is 0 Å². The molecule has 1 heterocycles. The molecule has 0 radical (unpaired) electrons. The van der Waals surface area contributed by atoms with Crippen molar-refractivity contribution in [1.29, 1.82) is 0 Å². The van der Waals surface area contributed by atoms with E-state index in [1.165, 1.54) is 16.3 Å². The van der Waals surface area contributed by atoms with Gasteiger partial charge in [0.05, 0.1) is 19.6 Å². The fourth-order valence-electron chi connectivity index (χ4n) is 4.31. The van der Waals surface area contributed by atoms with Crippen molar-refractivity contribution in [3.05, 3.63) is 48.0 Å². The van der Waals surface area contributed by atoms with Crippen LogP contribution in [0.4, 0.5) is 0 Å². The molecule has 2 amide bonds. The second kappa shape index (κ2) is 12.0. The molecule has 1 unspecified atom stereocenters. The lowest BCUT2D eigenvalue weighted by molar-refractivity contribution is -0.126. The molecule has 1 atom stereocenters. The number of hydrogen-bond acceptors (Lipinski definition) is 6. The number of likely N-dealkylation sites (tertiary alicyclic amines) is 1. The Kier molecular flexibility index (Phi) is 9.08. The first-order valence-electron chi connectivity index (χ1n) is 11.0. The highest BCUT2D eigenvalue weighted by atomic mass is 32.2. The molecule has 8 heteroatoms. The Bertz CT molecular complexity index is 925. The minimum Gasteiger partial charge on any atom is -0.348 e. The Morgan fingerprint density at radius 2 is 1.84 bits per heavy atom. The van der Waals surface area contributed by atoms with Gasteiger partial charge in [-0.1, -0.05) is 54.4 Å². The Balaban J connectivity index is 1.51. The molecule has 1 saturated heterocycles. The first-order valence-corrected chi connectivity index (χ1v) is 12.2. The van der Waals surface area contributed by atoms with Crippen LogP contribution in [0.2, 0.25) is 0 Å². The number of hydrogen-bond donors (Lipinski definition) is 2. The molecule has 7 nitrogen and oxygen atoms in total. The molecule has 0 bridgehead atoms. The molecule has 1 aliphatic heterocycles. The zero-order valence-corrected chi connectivity index (χ0v) is 19.6. The van der Waals surface area contributed by atoms with Gasteiger partial charge in [0.1, 0.15) is 6.29 Å². The maximum Gasteiger partial charge on any atom is 0.239 e. The molecule has 1 aliphatic rings. The lowest BCUT2D eigenvalue weighted by atomic mass is 9.96. The number of benzene rings is 2. The number of aldehydes is 1. The van der Waals surface area contributed by atoms with Crippen molar-refractivity contribution in [2.45, 2.75) is 31.8 Å². The van der Waals surface area contributed by atoms with Crippen LogP contribution in [0.3, 0.4) is 0 Å². The SMILES string of the molecule is CSN(CC(=O)NCC(=O)NCC=O)C1CCN(C(C)c2cccc3ccccc23)CC1. The van der Waals surface area contributed by atoms with E-state index in [4.69, 9.17) is 0 Å². The summed E-state index contributed by atoms with van der Waals surface area (Å²) in [4.78, 5) is 36.7. The topological polar surface area (TPSA) is 81.8 Å². The fraction of sp³-hybridized carbons (Fsp3) is 0.458. The molecule has 2 aromatic rings. The fourth-order valence-corrected chi connectivity index (χ4v) is 5.06. The van der Waals surface area contributed by atoms with E-state index in [9.17, 15) is 14.4 Å². The molecular formula is C24H32N4O3S. The Morgan fingerprint density at radius 1 is 1.12 bits per heavy atom. The third kappa shape index (κ3) is 6.31. The Morgan fingerprint density at radius 3 is 2.56 bits per heavy atom. The van der Waals surface area contributed by atoms with Gasteiger partial charge in [-0.3, -0.25) is 14.5 Å². The number of fused-ring (bicyclic) bond motifs is 1. The summed E-state index contributed by atoms with van der Waals surface area (Å²) in [6.45, 7) is 4.31. The third-order valence-electron chi connectivity index (χ3n) is 6.09. The molecular weight excluding hydrogens is 424 g/mol. The normalized spacial score (nSPS) is 16.1. The second-order valence-electron chi connectivity index (χ2n) is 8.02. The molecule has 0 saturated carbocycles. The maximum atomic E-state index is 12.3. The monoisotopic (exact) mass is 456 g/mol. The van der Waals surface area contributed by atoms with E-state index in [0.29, 0.717) is 18.4 Å². The average molecular weight is 457 g/mol. The molecule has 172 valence electrons. The van der Waals surface area contributed by atoms with Crippen LogP contribution in [0, 0.1) is 0 Å². The average Bonchev–Trinajstić information content (AvgIpc) is 2.84. The van der Waals surface area contributed by atoms with Crippen LogP contribution < -0.4 is 10.6 Å². The van der Waals surface area contributed by atoms with Crippen molar-refractivity contribution in [2.75, 3.05) is 39.0 Å². The highest BCUT2D eigenvalue weighted by Gasteiger charge is 2.28. The predicted octanol–water partition coefficient (Wildman–Crippen LogP) is 2.38. The lowest BCUT2D eigenvalue weighted by Crippen LogP contribution is -2.47. The number of nitrogens with one attached hydrogen (secondary N) is 2. The van der Waals surface area contributed by atoms with Gasteiger partial charge in [-0.05, 0) is 42.4 Å². The smallest absolute Gasteiger partial charge is 0.239 e. The van der Waals surface area contributed by atoms with Crippen LogP contribution in [0.5, 0.6) is 0 Å². The van der Waals surface area contributed by atoms with Crippen molar-refractivity contribution in [3.8, 4) is 0 Å². The third-order valence-corrected chi connectivity index (χ3v) is 6.99. The van der Waals surface area contributed by atoms with Crippen molar-refractivity contribution >= 4 is 40.8 Å². The van der Waals surface area contributed by atoms with Gasteiger partial charge >= 0.3 is 0 Å². The summed E-state index contributed by atoms with van der Waals surface area (Å²) < 4.78 is 2.11. The maximum absolute atomic E-state index is 12.3. The van der Waals surface area contributed by atoms with Crippen LogP contribution >= 0.6 is 11.9 Å². The van der Waals surface area contributed by atoms with Gasteiger partial charge in [0, 0.05) is 25.2 Å². The molecule has 3 rings (SSSR count). The summed E-state index contributed by atoms with van der Waals surface area (Å²) in [7, 11) is 0. The summed E-state index contributed by atoms with van der Waals surface area (Å²) in [6, 6.07) is 15.7. The summed E-state index contributed by atoms with van der Waals surface area (Å²) in [5.74, 6) is -0.552. The van der Waals surface area contributed by atoms with Gasteiger partial charge < -0.3 is 15.4 Å². The number of carbonyl (C=O) groups is 3. The second-order valence-corrected chi connectivity index (χ2v) is 8.85. The number of piperidine rings is 1. The summed E-state index contributed by atoms with van der Waals surface area (Å²) in [6.07, 6.45) is 4.57. The zero-order chi connectivity index (χ0) is 22.9. The van der Waals surface area contributed by atoms with E-state index >= 15 is 0 Å². The standard InChI is InChI=1S/C24H32N4O3S/c1-18(21-9-5-7-19-6-3-4-8-22(19)21)27-13-10-20(11-14-27)28(32-2)17-24(31)26-16-23(30)25-12-15-29/h3-9,15,18,20H,10-14,16-17H2,1-2H3,(H,25,30)(H,26,31). The van der Waals surface area contributed by atoms with Crippen LogP contribution in [0.15, 0.2) is 42.5 Å². The van der Waals surface area contributed by atoms with E-state index < -0.39 is 0 Å². The van der Waals surface area contributed by atoms with Crippen LogP contribution in [0.1, 0.15) is 31.4 Å². The van der Waals surface area contributed by atoms with E-state index in [1.807, 2.05) is 6.26 Å². The molecule has 32 heavy (non-hydrogen) atoms. The Hall–Kier alpha value is -2.42. The van der Waals surface area contributed by atoms with Gasteiger partial charge in [0.25, 0.3) is 0 Å². The lowest BCUT2D eigenvalue weighted by Gasteiger charge is -2.40. The molecule has 2 N–H and O–H groups in total. The summed E-state index contributed by atoms with van der Waals surface area (Å²) in [5, 5.41) is 7.62. The molecule has 2 aromatic carbocycles. The van der Waals surface area contributed by atoms with Crippen molar-refractivity contribution in [1.82, 2.24) is 19.8 Å². The summed E-state index contributed by atoms with van der Waals surface area (Å²) >= 11 is 1.57. The van der Waals surface area contributed by atoms with Gasteiger partial charge in [0.2, 0.25) is 11.8 Å². The minimum atomic E-state index is -0.364. The zero-order valence-electron chi connectivity index (χ0n) is 18.8. The quantitative estimate of drug-likeness (QED) is 0.422. The van der Waals surface area contributed by atoms with E-state index in [-0.39, 0.29) is 31.4 Å². The van der Waals surface area contributed by atoms with E-state index in [0.717, 1.165) is 25.9 Å². The predicted molar refractivity (Wildman–Crippen MR) is 129 cm³/mol. The molecule has 0 aromatic heterocycles. The first kappa shape index (κ1) is 24.2. The molecule has 0 aliphatic carbocycles. The van der Waals surface area contributed by atoms with Crippen LogP contribution in [0.25, 0.3) is 10.8 Å². The number of carbonyl (C=O) groups excluding carboxylic acids is 3. The van der Waals surface area contributed by atoms with Crippen molar-refractivity contribution in [3.63, 3.8) is 0 Å². The highest BCUT2D eigenvalue weighted by molar-refractivity contribution is 7.96. The van der Waals surface area contributed by atoms with E-state index in [2.05, 4.69) is 69.2 Å².